The van der Waals surface area contributed by atoms with Crippen LogP contribution in [-0.2, 0) is 10.2 Å². The Balaban J connectivity index is 3.01. The molecule has 1 aromatic rings. The summed E-state index contributed by atoms with van der Waals surface area (Å²) in [4.78, 5) is 10.9. The van der Waals surface area contributed by atoms with E-state index in [0.29, 0.717) is 6.42 Å². The molecule has 0 atom stereocenters. The van der Waals surface area contributed by atoms with Gasteiger partial charge < -0.3 is 10.2 Å². The molecule has 0 spiro atoms. The lowest BCUT2D eigenvalue weighted by Crippen LogP contribution is -2.31. The average Bonchev–Trinajstić information content (AvgIpc) is 2.28. The third-order valence-electron chi connectivity index (χ3n) is 2.02. The number of aromatic hydroxyl groups is 1. The van der Waals surface area contributed by atoms with Gasteiger partial charge in [-0.25, -0.2) is 4.79 Å². The molecule has 0 aliphatic carbocycles. The Bertz CT molecular complexity index is 541. The molecule has 18 heavy (non-hydrogen) atoms. The van der Waals surface area contributed by atoms with Gasteiger partial charge in [-0.1, -0.05) is 6.92 Å². The molecule has 4 N–H and O–H groups in total. The number of anilines is 1. The van der Waals surface area contributed by atoms with Crippen LogP contribution in [0.3, 0.4) is 0 Å². The van der Waals surface area contributed by atoms with E-state index in [1.165, 1.54) is 12.1 Å². The molecule has 0 unspecified atom stereocenters. The molecule has 0 radical (unpaired) electrons. The van der Waals surface area contributed by atoms with Crippen molar-refractivity contribution in [3.8, 4) is 5.75 Å². The van der Waals surface area contributed by atoms with Crippen LogP contribution in [0.15, 0.2) is 18.2 Å². The van der Waals surface area contributed by atoms with Gasteiger partial charge in [-0.2, -0.15) is 13.1 Å². The van der Waals surface area contributed by atoms with E-state index in [1.807, 2.05) is 0 Å². The third-order valence-corrected chi connectivity index (χ3v) is 3.09. The molecule has 0 aliphatic rings. The zero-order chi connectivity index (χ0) is 13.8. The highest BCUT2D eigenvalue weighted by Gasteiger charge is 2.16. The number of benzene rings is 1. The highest BCUT2D eigenvalue weighted by atomic mass is 32.2. The first kappa shape index (κ1) is 14.3. The number of hydrogen-bond acceptors (Lipinski definition) is 4. The Morgan fingerprint density at radius 1 is 1.39 bits per heavy atom. The number of carboxylic acids is 1. The van der Waals surface area contributed by atoms with Crippen LogP contribution >= 0.6 is 0 Å². The quantitative estimate of drug-likeness (QED) is 0.571. The molecule has 0 amide bonds. The number of phenols is 1. The number of carboxylic acid groups (broad SMARTS) is 1. The van der Waals surface area contributed by atoms with Crippen molar-refractivity contribution in [1.82, 2.24) is 4.72 Å². The van der Waals surface area contributed by atoms with Crippen LogP contribution in [0.5, 0.6) is 5.75 Å². The SMILES string of the molecule is CCCNS(=O)(=O)Nc1ccc(O)cc1C(=O)O. The fourth-order valence-electron chi connectivity index (χ4n) is 1.22. The maximum Gasteiger partial charge on any atom is 0.337 e. The van der Waals surface area contributed by atoms with Crippen LogP contribution < -0.4 is 9.44 Å². The van der Waals surface area contributed by atoms with Crippen molar-refractivity contribution in [2.75, 3.05) is 11.3 Å². The van der Waals surface area contributed by atoms with E-state index in [2.05, 4.69) is 9.44 Å². The normalized spacial score (nSPS) is 11.2. The Labute approximate surface area is 105 Å². The molecule has 0 saturated heterocycles. The molecular weight excluding hydrogens is 260 g/mol. The third kappa shape index (κ3) is 3.90. The van der Waals surface area contributed by atoms with Crippen molar-refractivity contribution in [2.45, 2.75) is 13.3 Å². The summed E-state index contributed by atoms with van der Waals surface area (Å²) in [5.41, 5.74) is -0.430. The molecule has 7 nitrogen and oxygen atoms in total. The molecule has 1 aromatic carbocycles. The Hall–Kier alpha value is -1.80. The van der Waals surface area contributed by atoms with Gasteiger partial charge in [0.15, 0.2) is 0 Å². The van der Waals surface area contributed by atoms with Crippen LogP contribution in [0.1, 0.15) is 23.7 Å². The van der Waals surface area contributed by atoms with Crippen LogP contribution in [0, 0.1) is 0 Å². The molecule has 0 aromatic heterocycles. The van der Waals surface area contributed by atoms with Gasteiger partial charge in [0.25, 0.3) is 10.2 Å². The lowest BCUT2D eigenvalue weighted by atomic mass is 10.2. The van der Waals surface area contributed by atoms with Crippen molar-refractivity contribution in [3.05, 3.63) is 23.8 Å². The second-order valence-electron chi connectivity index (χ2n) is 3.53. The van der Waals surface area contributed by atoms with Crippen LogP contribution in [0.4, 0.5) is 5.69 Å². The summed E-state index contributed by atoms with van der Waals surface area (Å²) in [6.07, 6.45) is 0.613. The monoisotopic (exact) mass is 274 g/mol. The standard InChI is InChI=1S/C10H14N2O5S/c1-2-5-11-18(16,17)12-9-4-3-7(13)6-8(9)10(14)15/h3-4,6,11-13H,2,5H2,1H3,(H,14,15). The fraction of sp³-hybridized carbons (Fsp3) is 0.300. The van der Waals surface area contributed by atoms with E-state index in [9.17, 15) is 13.2 Å². The lowest BCUT2D eigenvalue weighted by Gasteiger charge is -2.11. The van der Waals surface area contributed by atoms with Gasteiger partial charge in [-0.3, -0.25) is 4.72 Å². The van der Waals surface area contributed by atoms with E-state index in [1.54, 1.807) is 6.92 Å². The highest BCUT2D eigenvalue weighted by molar-refractivity contribution is 7.90. The molecule has 0 saturated carbocycles. The van der Waals surface area contributed by atoms with Crippen molar-refractivity contribution in [2.24, 2.45) is 0 Å². The van der Waals surface area contributed by atoms with Crippen LogP contribution in [-0.4, -0.2) is 31.1 Å². The van der Waals surface area contributed by atoms with Gasteiger partial charge in [-0.05, 0) is 24.6 Å². The maximum atomic E-state index is 11.5. The first-order valence-corrected chi connectivity index (χ1v) is 6.67. The zero-order valence-corrected chi connectivity index (χ0v) is 10.5. The summed E-state index contributed by atoms with van der Waals surface area (Å²) >= 11 is 0. The largest absolute Gasteiger partial charge is 0.508 e. The van der Waals surface area contributed by atoms with Crippen molar-refractivity contribution < 1.29 is 23.4 Å². The molecule has 1 rings (SSSR count). The number of carbonyl (C=O) groups is 1. The van der Waals surface area contributed by atoms with Gasteiger partial charge >= 0.3 is 5.97 Å². The molecule has 8 heteroatoms. The minimum atomic E-state index is -3.81. The highest BCUT2D eigenvalue weighted by Crippen LogP contribution is 2.21. The maximum absolute atomic E-state index is 11.5. The summed E-state index contributed by atoms with van der Waals surface area (Å²) in [6, 6.07) is 3.36. The zero-order valence-electron chi connectivity index (χ0n) is 9.67. The molecule has 100 valence electrons. The Morgan fingerprint density at radius 2 is 2.06 bits per heavy atom. The summed E-state index contributed by atoms with van der Waals surface area (Å²) in [6.45, 7) is 2.04. The van der Waals surface area contributed by atoms with Crippen molar-refractivity contribution in [1.29, 1.82) is 0 Å². The predicted molar refractivity (Wildman–Crippen MR) is 65.9 cm³/mol. The smallest absolute Gasteiger partial charge is 0.337 e. The number of phenolic OH excluding ortho intramolecular Hbond substituents is 1. The summed E-state index contributed by atoms with van der Waals surface area (Å²) in [5.74, 6) is -1.59. The second-order valence-corrected chi connectivity index (χ2v) is 5.03. The Morgan fingerprint density at radius 3 is 2.61 bits per heavy atom. The molecule has 0 bridgehead atoms. The van der Waals surface area contributed by atoms with Crippen LogP contribution in [0.2, 0.25) is 0 Å². The summed E-state index contributed by atoms with van der Waals surface area (Å²) in [5, 5.41) is 18.1. The van der Waals surface area contributed by atoms with E-state index in [4.69, 9.17) is 10.2 Å². The van der Waals surface area contributed by atoms with E-state index < -0.39 is 16.2 Å². The van der Waals surface area contributed by atoms with Crippen molar-refractivity contribution in [3.63, 3.8) is 0 Å². The predicted octanol–water partition coefficient (Wildman–Crippen LogP) is 0.747. The number of hydrogen-bond donors (Lipinski definition) is 4. The van der Waals surface area contributed by atoms with Crippen molar-refractivity contribution >= 4 is 21.9 Å². The van der Waals surface area contributed by atoms with Gasteiger partial charge in [0.05, 0.1) is 11.3 Å². The molecule has 0 aliphatic heterocycles. The number of aromatic carboxylic acids is 1. The number of nitrogens with one attached hydrogen (secondary N) is 2. The van der Waals surface area contributed by atoms with E-state index in [-0.39, 0.29) is 23.5 Å². The van der Waals surface area contributed by atoms with E-state index >= 15 is 0 Å². The van der Waals surface area contributed by atoms with Gasteiger partial charge in [0, 0.05) is 6.54 Å². The van der Waals surface area contributed by atoms with Gasteiger partial charge in [-0.15, -0.1) is 0 Å². The number of rotatable bonds is 6. The second kappa shape index (κ2) is 5.69. The molecule has 0 heterocycles. The Kier molecular flexibility index (Phi) is 4.51. The fourth-order valence-corrected chi connectivity index (χ4v) is 2.23. The first-order valence-electron chi connectivity index (χ1n) is 5.19. The first-order chi connectivity index (χ1) is 8.35. The van der Waals surface area contributed by atoms with Gasteiger partial charge in [0.2, 0.25) is 0 Å². The summed E-state index contributed by atoms with van der Waals surface area (Å²) < 4.78 is 27.4. The molecule has 0 fully saturated rings. The van der Waals surface area contributed by atoms with Crippen LogP contribution in [0.25, 0.3) is 0 Å². The molecular formula is C10H14N2O5S. The van der Waals surface area contributed by atoms with E-state index in [0.717, 1.165) is 6.07 Å². The topological polar surface area (TPSA) is 116 Å². The van der Waals surface area contributed by atoms with Gasteiger partial charge in [0.1, 0.15) is 5.75 Å². The lowest BCUT2D eigenvalue weighted by molar-refractivity contribution is 0.0697. The minimum Gasteiger partial charge on any atom is -0.508 e. The minimum absolute atomic E-state index is 0.107. The average molecular weight is 274 g/mol. The summed E-state index contributed by atoms with van der Waals surface area (Å²) in [7, 11) is -3.81.